The quantitative estimate of drug-likeness (QED) is 0.808. The number of aryl methyl sites for hydroxylation is 1. The van der Waals surface area contributed by atoms with E-state index in [0.29, 0.717) is 18.7 Å². The van der Waals surface area contributed by atoms with Crippen molar-refractivity contribution in [3.05, 3.63) is 5.82 Å². The molecule has 2 atom stereocenters. The van der Waals surface area contributed by atoms with E-state index in [9.17, 15) is 9.59 Å². The number of anilines is 1. The fourth-order valence-electron chi connectivity index (χ4n) is 2.12. The van der Waals surface area contributed by atoms with Crippen LogP contribution in [0.5, 0.6) is 0 Å². The summed E-state index contributed by atoms with van der Waals surface area (Å²) in [5, 5.41) is 15.0. The van der Waals surface area contributed by atoms with E-state index in [2.05, 4.69) is 15.5 Å². The molecule has 0 aliphatic heterocycles. The maximum Gasteiger partial charge on any atom is 0.328 e. The van der Waals surface area contributed by atoms with Gasteiger partial charge in [-0.25, -0.2) is 0 Å². The predicted molar refractivity (Wildman–Crippen MR) is 56.1 cm³/mol. The topological polar surface area (TPSA) is 105 Å². The number of aliphatic carboxylic acids is 1. The van der Waals surface area contributed by atoms with Gasteiger partial charge >= 0.3 is 12.0 Å². The molecule has 7 nitrogen and oxygen atoms in total. The molecule has 1 heterocycles. The lowest BCUT2D eigenvalue weighted by atomic mass is 9.95. The van der Waals surface area contributed by atoms with Crippen molar-refractivity contribution < 1.29 is 19.2 Å². The number of aromatic nitrogens is 2. The highest BCUT2D eigenvalue weighted by Crippen LogP contribution is 2.32. The molecule has 0 radical (unpaired) electrons. The number of carboxylic acids is 1. The molecule has 0 bridgehead atoms. The van der Waals surface area contributed by atoms with Gasteiger partial charge in [0.25, 0.3) is 0 Å². The van der Waals surface area contributed by atoms with E-state index in [1.54, 1.807) is 6.92 Å². The van der Waals surface area contributed by atoms with Gasteiger partial charge in [-0.15, -0.1) is 0 Å². The van der Waals surface area contributed by atoms with E-state index >= 15 is 0 Å². The minimum Gasteiger partial charge on any atom is -0.481 e. The van der Waals surface area contributed by atoms with Crippen molar-refractivity contribution in [2.45, 2.75) is 26.2 Å². The standard InChI is InChI=1S/C10H13N3O4/c1-5-11-10(17-13-5)12-8(14)6-3-2-4-7(6)9(15)16/h6-7H,2-4H2,1H3,(H,15,16)(H,11,12,13,14). The van der Waals surface area contributed by atoms with E-state index in [0.717, 1.165) is 6.42 Å². The van der Waals surface area contributed by atoms with Crippen LogP contribution in [0.4, 0.5) is 6.01 Å². The molecule has 7 heteroatoms. The van der Waals surface area contributed by atoms with Crippen molar-refractivity contribution in [2.75, 3.05) is 5.32 Å². The van der Waals surface area contributed by atoms with E-state index in [1.807, 2.05) is 0 Å². The lowest BCUT2D eigenvalue weighted by molar-refractivity contribution is -0.145. The lowest BCUT2D eigenvalue weighted by Gasteiger charge is -2.13. The normalized spacial score (nSPS) is 23.6. The summed E-state index contributed by atoms with van der Waals surface area (Å²) < 4.78 is 4.75. The Bertz CT molecular complexity index is 443. The largest absolute Gasteiger partial charge is 0.481 e. The molecular formula is C10H13N3O4. The van der Waals surface area contributed by atoms with Gasteiger partial charge in [0.2, 0.25) is 5.91 Å². The summed E-state index contributed by atoms with van der Waals surface area (Å²) in [5.41, 5.74) is 0. The van der Waals surface area contributed by atoms with Gasteiger partial charge in [0.15, 0.2) is 5.82 Å². The van der Waals surface area contributed by atoms with Crippen LogP contribution < -0.4 is 5.32 Å². The summed E-state index contributed by atoms with van der Waals surface area (Å²) in [5.74, 6) is -2.00. The molecule has 92 valence electrons. The highest BCUT2D eigenvalue weighted by Gasteiger charge is 2.38. The first-order valence-electron chi connectivity index (χ1n) is 5.42. The first-order chi connectivity index (χ1) is 8.08. The first kappa shape index (κ1) is 11.6. The van der Waals surface area contributed by atoms with Gasteiger partial charge < -0.3 is 9.63 Å². The van der Waals surface area contributed by atoms with Crippen LogP contribution in [-0.2, 0) is 9.59 Å². The number of hydrogen-bond donors (Lipinski definition) is 2. The minimum atomic E-state index is -0.927. The van der Waals surface area contributed by atoms with Crippen LogP contribution in [-0.4, -0.2) is 27.1 Å². The molecule has 2 N–H and O–H groups in total. The average Bonchev–Trinajstić information content (AvgIpc) is 2.86. The third-order valence-corrected chi connectivity index (χ3v) is 2.93. The Morgan fingerprint density at radius 2 is 2.12 bits per heavy atom. The minimum absolute atomic E-state index is 0.0172. The number of hydrogen-bond acceptors (Lipinski definition) is 5. The summed E-state index contributed by atoms with van der Waals surface area (Å²) in [6, 6.07) is 0.0172. The summed E-state index contributed by atoms with van der Waals surface area (Å²) in [6.45, 7) is 1.63. The Hall–Kier alpha value is -1.92. The van der Waals surface area contributed by atoms with Gasteiger partial charge in [0.05, 0.1) is 11.8 Å². The highest BCUT2D eigenvalue weighted by atomic mass is 16.5. The zero-order valence-electron chi connectivity index (χ0n) is 9.34. The number of carboxylic acid groups (broad SMARTS) is 1. The van der Waals surface area contributed by atoms with Crippen molar-refractivity contribution in [3.63, 3.8) is 0 Å². The number of nitrogens with one attached hydrogen (secondary N) is 1. The van der Waals surface area contributed by atoms with E-state index in [4.69, 9.17) is 9.63 Å². The average molecular weight is 239 g/mol. The van der Waals surface area contributed by atoms with Crippen LogP contribution in [0.3, 0.4) is 0 Å². The molecule has 0 aromatic carbocycles. The van der Waals surface area contributed by atoms with Crippen molar-refractivity contribution in [3.8, 4) is 0 Å². The Kier molecular flexibility index (Phi) is 3.08. The van der Waals surface area contributed by atoms with E-state index in [-0.39, 0.29) is 11.9 Å². The second-order valence-corrected chi connectivity index (χ2v) is 4.12. The third-order valence-electron chi connectivity index (χ3n) is 2.93. The van der Waals surface area contributed by atoms with Crippen molar-refractivity contribution in [2.24, 2.45) is 11.8 Å². The zero-order valence-corrected chi connectivity index (χ0v) is 9.34. The second kappa shape index (κ2) is 4.52. The smallest absolute Gasteiger partial charge is 0.328 e. The van der Waals surface area contributed by atoms with Gasteiger partial charge in [-0.1, -0.05) is 11.6 Å². The molecule has 0 spiro atoms. The van der Waals surface area contributed by atoms with Crippen LogP contribution in [0, 0.1) is 18.8 Å². The maximum atomic E-state index is 11.8. The fourth-order valence-corrected chi connectivity index (χ4v) is 2.12. The van der Waals surface area contributed by atoms with Crippen molar-refractivity contribution in [1.82, 2.24) is 10.1 Å². The van der Waals surface area contributed by atoms with Crippen molar-refractivity contribution in [1.29, 1.82) is 0 Å². The van der Waals surface area contributed by atoms with Crippen LogP contribution in [0.2, 0.25) is 0 Å². The summed E-state index contributed by atoms with van der Waals surface area (Å²) in [7, 11) is 0. The van der Waals surface area contributed by atoms with Crippen LogP contribution >= 0.6 is 0 Å². The number of rotatable bonds is 3. The Morgan fingerprint density at radius 1 is 1.41 bits per heavy atom. The second-order valence-electron chi connectivity index (χ2n) is 4.12. The molecule has 2 unspecified atom stereocenters. The summed E-state index contributed by atoms with van der Waals surface area (Å²) >= 11 is 0. The zero-order chi connectivity index (χ0) is 12.4. The van der Waals surface area contributed by atoms with Gasteiger partial charge in [-0.2, -0.15) is 4.98 Å². The number of carbonyl (C=O) groups excluding carboxylic acids is 1. The molecule has 1 amide bonds. The van der Waals surface area contributed by atoms with Gasteiger partial charge in [-0.3, -0.25) is 14.9 Å². The third kappa shape index (κ3) is 2.43. The lowest BCUT2D eigenvalue weighted by Crippen LogP contribution is -2.30. The predicted octanol–water partition coefficient (Wildman–Crippen LogP) is 0.817. The molecule has 2 rings (SSSR count). The van der Waals surface area contributed by atoms with Gasteiger partial charge in [0, 0.05) is 0 Å². The Labute approximate surface area is 97.2 Å². The number of amides is 1. The maximum absolute atomic E-state index is 11.8. The van der Waals surface area contributed by atoms with Gasteiger partial charge in [0.1, 0.15) is 0 Å². The molecule has 1 aliphatic rings. The van der Waals surface area contributed by atoms with Crippen LogP contribution in [0.15, 0.2) is 4.52 Å². The Balaban J connectivity index is 2.02. The molecule has 1 aliphatic carbocycles. The first-order valence-corrected chi connectivity index (χ1v) is 5.42. The van der Waals surface area contributed by atoms with E-state index < -0.39 is 17.8 Å². The van der Waals surface area contributed by atoms with Crippen molar-refractivity contribution >= 4 is 17.9 Å². The molecular weight excluding hydrogens is 226 g/mol. The van der Waals surface area contributed by atoms with Gasteiger partial charge in [-0.05, 0) is 19.8 Å². The highest BCUT2D eigenvalue weighted by molar-refractivity contribution is 5.93. The molecule has 1 aromatic heterocycles. The SMILES string of the molecule is Cc1noc(NC(=O)C2CCCC2C(=O)O)n1. The molecule has 1 saturated carbocycles. The van der Waals surface area contributed by atoms with E-state index in [1.165, 1.54) is 0 Å². The fraction of sp³-hybridized carbons (Fsp3) is 0.600. The molecule has 1 aromatic rings. The Morgan fingerprint density at radius 3 is 2.71 bits per heavy atom. The molecule has 17 heavy (non-hydrogen) atoms. The number of nitrogens with zero attached hydrogens (tertiary/aromatic N) is 2. The summed E-state index contributed by atoms with van der Waals surface area (Å²) in [6.07, 6.45) is 1.87. The van der Waals surface area contributed by atoms with Crippen LogP contribution in [0.25, 0.3) is 0 Å². The number of carbonyl (C=O) groups is 2. The monoisotopic (exact) mass is 239 g/mol. The molecule has 1 fully saturated rings. The summed E-state index contributed by atoms with van der Waals surface area (Å²) in [4.78, 5) is 26.6. The molecule has 0 saturated heterocycles. The van der Waals surface area contributed by atoms with Crippen LogP contribution in [0.1, 0.15) is 25.1 Å².